The molecule has 0 aliphatic heterocycles. The molecule has 0 atom stereocenters. The maximum atomic E-state index is 11.9. The molecular formula is C27H26Cl4N12O2S2. The lowest BCUT2D eigenvalue weighted by atomic mass is 10.2. The molecule has 2 amide bonds. The summed E-state index contributed by atoms with van der Waals surface area (Å²) in [4.78, 5) is 36.4. The van der Waals surface area contributed by atoms with E-state index in [2.05, 4.69) is 41.2 Å². The van der Waals surface area contributed by atoms with E-state index in [-0.39, 0.29) is 22.8 Å². The zero-order chi connectivity index (χ0) is 34.2. The second-order valence-corrected chi connectivity index (χ2v) is 12.4. The number of benzene rings is 2. The number of hydrogen-bond acceptors (Lipinski definition) is 13. The molecule has 3 aromatic heterocycles. The van der Waals surface area contributed by atoms with E-state index in [1.807, 2.05) is 6.26 Å². The van der Waals surface area contributed by atoms with Crippen LogP contribution in [0.5, 0.6) is 0 Å². The van der Waals surface area contributed by atoms with Gasteiger partial charge in [0.15, 0.2) is 21.8 Å². The number of amides is 2. The van der Waals surface area contributed by atoms with Crippen molar-refractivity contribution in [2.24, 2.45) is 17.3 Å². The third-order valence-corrected chi connectivity index (χ3v) is 8.60. The Hall–Kier alpha value is -3.77. The Morgan fingerprint density at radius 1 is 0.787 bits per heavy atom. The summed E-state index contributed by atoms with van der Waals surface area (Å²) in [5, 5.41) is 17.1. The number of thioether (sulfide) groups is 2. The first-order valence-electron chi connectivity index (χ1n) is 13.1. The second kappa shape index (κ2) is 16.4. The van der Waals surface area contributed by atoms with Gasteiger partial charge in [-0.3, -0.25) is 14.0 Å². The van der Waals surface area contributed by atoms with Crippen LogP contribution in [0.1, 0.15) is 31.8 Å². The van der Waals surface area contributed by atoms with Gasteiger partial charge in [-0.15, -0.1) is 10.2 Å². The highest BCUT2D eigenvalue weighted by atomic mass is 35.5. The third kappa shape index (κ3) is 8.78. The van der Waals surface area contributed by atoms with Gasteiger partial charge in [0.25, 0.3) is 11.8 Å². The van der Waals surface area contributed by atoms with E-state index >= 15 is 0 Å². The Morgan fingerprint density at radius 3 is 1.79 bits per heavy atom. The summed E-state index contributed by atoms with van der Waals surface area (Å²) in [5.41, 5.74) is 15.5. The van der Waals surface area contributed by atoms with E-state index in [9.17, 15) is 9.59 Å². The summed E-state index contributed by atoms with van der Waals surface area (Å²) >= 11 is 26.8. The molecule has 9 N–H and O–H groups in total. The molecule has 0 saturated heterocycles. The lowest BCUT2D eigenvalue weighted by Gasteiger charge is -2.14. The van der Waals surface area contributed by atoms with Crippen LogP contribution < -0.4 is 33.4 Å². The smallest absolute Gasteiger partial charge is 0.256 e. The molecule has 0 aliphatic rings. The molecule has 0 unspecified atom stereocenters. The molecule has 2 aromatic carbocycles. The molecule has 14 nitrogen and oxygen atoms in total. The van der Waals surface area contributed by atoms with Gasteiger partial charge in [-0.2, -0.15) is 0 Å². The quantitative estimate of drug-likeness (QED) is 0.0433. The number of hydrazine groups is 1. The number of nitrogens with zero attached hydrogens (tertiary/aromatic N) is 6. The first-order valence-corrected chi connectivity index (χ1v) is 17.1. The standard InChI is InChI=1S/C14H12Cl2N6OS.C13H14Cl2N6OS/c1-24-14-20-12(10(11(17)23)13-21-19-6-22(13)14)18-5-7-2-3-8(15)4-9(7)16;1-23-13-19-11(9(10(16)22)12(20-13)21-17)18-5-6-2-3-7(14)4-8(6)15/h2-4,6,18H,5H2,1H3,(H2,17,23);2-4H,5,17H2,1H3,(H2,16,22)(H2,18,19,20,21). The SMILES string of the molecule is CSc1nc(NCc2ccc(Cl)cc2Cl)c(C(N)=O)c2nncn12.CSc1nc(NN)c(C(N)=O)c(NCc2ccc(Cl)cc2Cl)n1. The second-order valence-electron chi connectivity index (χ2n) is 9.18. The average molecular weight is 757 g/mol. The van der Waals surface area contributed by atoms with Gasteiger partial charge >= 0.3 is 0 Å². The summed E-state index contributed by atoms with van der Waals surface area (Å²) in [6.45, 7) is 0.673. The Morgan fingerprint density at radius 2 is 1.32 bits per heavy atom. The van der Waals surface area contributed by atoms with Gasteiger partial charge in [-0.05, 0) is 47.9 Å². The Labute approximate surface area is 296 Å². The molecule has 20 heteroatoms. The third-order valence-electron chi connectivity index (χ3n) is 6.23. The number of aromatic nitrogens is 6. The molecule has 0 aliphatic carbocycles. The number of carbonyl (C=O) groups is 2. The number of nitrogens with one attached hydrogen (secondary N) is 3. The first kappa shape index (κ1) is 36.1. The summed E-state index contributed by atoms with van der Waals surface area (Å²) in [7, 11) is 0. The molecule has 3 heterocycles. The normalized spacial score (nSPS) is 10.7. The number of rotatable bonds is 11. The van der Waals surface area contributed by atoms with Crippen LogP contribution >= 0.6 is 69.9 Å². The minimum Gasteiger partial charge on any atom is -0.365 e. The van der Waals surface area contributed by atoms with Crippen molar-refractivity contribution in [1.29, 1.82) is 0 Å². The molecule has 5 aromatic rings. The van der Waals surface area contributed by atoms with Gasteiger partial charge in [0.05, 0.1) is 0 Å². The highest BCUT2D eigenvalue weighted by Crippen LogP contribution is 2.28. The van der Waals surface area contributed by atoms with Crippen molar-refractivity contribution >= 4 is 105 Å². The molecule has 47 heavy (non-hydrogen) atoms. The number of fused-ring (bicyclic) bond motifs is 1. The average Bonchev–Trinajstić information content (AvgIpc) is 3.52. The van der Waals surface area contributed by atoms with Crippen molar-refractivity contribution in [2.75, 3.05) is 28.6 Å². The maximum absolute atomic E-state index is 11.9. The lowest BCUT2D eigenvalue weighted by Crippen LogP contribution is -2.22. The lowest BCUT2D eigenvalue weighted by molar-refractivity contribution is 0.0992. The first-order chi connectivity index (χ1) is 22.5. The van der Waals surface area contributed by atoms with Crippen LogP contribution in [0, 0.1) is 0 Å². The van der Waals surface area contributed by atoms with Crippen molar-refractivity contribution < 1.29 is 9.59 Å². The number of anilines is 3. The van der Waals surface area contributed by atoms with E-state index < -0.39 is 11.8 Å². The van der Waals surface area contributed by atoms with Crippen molar-refractivity contribution in [3.63, 3.8) is 0 Å². The van der Waals surface area contributed by atoms with Crippen LogP contribution in [0.3, 0.4) is 0 Å². The molecule has 246 valence electrons. The van der Waals surface area contributed by atoms with Gasteiger partial charge < -0.3 is 27.5 Å². The molecule has 0 fully saturated rings. The van der Waals surface area contributed by atoms with Crippen LogP contribution in [-0.4, -0.2) is 53.9 Å². The van der Waals surface area contributed by atoms with E-state index in [0.29, 0.717) is 55.0 Å². The van der Waals surface area contributed by atoms with Crippen LogP contribution in [0.25, 0.3) is 5.65 Å². The van der Waals surface area contributed by atoms with Crippen molar-refractivity contribution in [1.82, 2.24) is 29.5 Å². The van der Waals surface area contributed by atoms with Crippen molar-refractivity contribution in [2.45, 2.75) is 23.4 Å². The number of primary amides is 2. The van der Waals surface area contributed by atoms with Gasteiger partial charge in [0.1, 0.15) is 29.1 Å². The van der Waals surface area contributed by atoms with Crippen LogP contribution in [0.4, 0.5) is 17.5 Å². The predicted molar refractivity (Wildman–Crippen MR) is 189 cm³/mol. The molecule has 5 rings (SSSR count). The van der Waals surface area contributed by atoms with Gasteiger partial charge in [0, 0.05) is 33.2 Å². The van der Waals surface area contributed by atoms with Crippen molar-refractivity contribution in [3.8, 4) is 0 Å². The number of nitrogens with two attached hydrogens (primary N) is 3. The highest BCUT2D eigenvalue weighted by Gasteiger charge is 2.21. The molecule has 0 bridgehead atoms. The monoisotopic (exact) mass is 754 g/mol. The Kier molecular flexibility index (Phi) is 12.6. The molecule has 0 spiro atoms. The van der Waals surface area contributed by atoms with E-state index in [4.69, 9.17) is 63.7 Å². The molecular weight excluding hydrogens is 730 g/mol. The number of nitrogen functional groups attached to an aromatic ring is 1. The van der Waals surface area contributed by atoms with E-state index in [1.165, 1.54) is 29.9 Å². The predicted octanol–water partition coefficient (Wildman–Crippen LogP) is 5.37. The summed E-state index contributed by atoms with van der Waals surface area (Å²) in [5.74, 6) is 4.83. The molecule has 0 radical (unpaired) electrons. The fraction of sp³-hybridized carbons (Fsp3) is 0.148. The van der Waals surface area contributed by atoms with Gasteiger partial charge in [0.2, 0.25) is 0 Å². The largest absolute Gasteiger partial charge is 0.365 e. The minimum absolute atomic E-state index is 0.0791. The van der Waals surface area contributed by atoms with Gasteiger partial charge in [-0.25, -0.2) is 20.8 Å². The van der Waals surface area contributed by atoms with Gasteiger partial charge in [-0.1, -0.05) is 82.1 Å². The summed E-state index contributed by atoms with van der Waals surface area (Å²) in [6, 6.07) is 10.3. The number of carbonyl (C=O) groups excluding carboxylic acids is 2. The van der Waals surface area contributed by atoms with Crippen LogP contribution in [-0.2, 0) is 13.1 Å². The zero-order valence-corrected chi connectivity index (χ0v) is 29.2. The fourth-order valence-electron chi connectivity index (χ4n) is 4.04. The Bertz CT molecular complexity index is 1950. The Balaban J connectivity index is 0.000000213. The summed E-state index contributed by atoms with van der Waals surface area (Å²) in [6.07, 6.45) is 5.16. The minimum atomic E-state index is -0.699. The molecule has 0 saturated carbocycles. The van der Waals surface area contributed by atoms with E-state index in [0.717, 1.165) is 11.1 Å². The van der Waals surface area contributed by atoms with Crippen LogP contribution in [0.15, 0.2) is 53.0 Å². The zero-order valence-electron chi connectivity index (χ0n) is 24.5. The fourth-order valence-corrected chi connectivity index (χ4v) is 5.87. The van der Waals surface area contributed by atoms with Crippen molar-refractivity contribution in [3.05, 3.63) is 85.1 Å². The number of halogens is 4. The topological polar surface area (TPSA) is 217 Å². The highest BCUT2D eigenvalue weighted by molar-refractivity contribution is 7.98. The van der Waals surface area contributed by atoms with Crippen LogP contribution in [0.2, 0.25) is 20.1 Å². The number of hydrogen-bond donors (Lipinski definition) is 6. The maximum Gasteiger partial charge on any atom is 0.256 e. The van der Waals surface area contributed by atoms with E-state index in [1.54, 1.807) is 47.1 Å². The summed E-state index contributed by atoms with van der Waals surface area (Å²) < 4.78 is 1.62.